The van der Waals surface area contributed by atoms with Gasteiger partial charge in [0.1, 0.15) is 18.1 Å². The second-order valence-electron chi connectivity index (χ2n) is 10.6. The lowest BCUT2D eigenvalue weighted by molar-refractivity contribution is -0.384. The van der Waals surface area contributed by atoms with E-state index in [1.807, 2.05) is 13.8 Å². The molecule has 12 nitrogen and oxygen atoms in total. The van der Waals surface area contributed by atoms with Gasteiger partial charge in [0.15, 0.2) is 0 Å². The van der Waals surface area contributed by atoms with Crippen molar-refractivity contribution in [2.45, 2.75) is 64.2 Å². The van der Waals surface area contributed by atoms with E-state index >= 15 is 0 Å². The normalized spacial score (nSPS) is 17.0. The molecule has 41 heavy (non-hydrogen) atoms. The molecule has 0 spiro atoms. The Balaban J connectivity index is 1.74. The maximum atomic E-state index is 13.5. The average molecular weight is 567 g/mol. The van der Waals surface area contributed by atoms with Crippen molar-refractivity contribution < 1.29 is 24.1 Å². The highest BCUT2D eigenvalue weighted by molar-refractivity contribution is 5.95. The summed E-state index contributed by atoms with van der Waals surface area (Å²) >= 11 is 0. The van der Waals surface area contributed by atoms with E-state index in [1.54, 1.807) is 50.4 Å². The summed E-state index contributed by atoms with van der Waals surface area (Å²) in [5.74, 6) is -2.11. The van der Waals surface area contributed by atoms with Crippen LogP contribution in [0.25, 0.3) is 11.1 Å². The van der Waals surface area contributed by atoms with Gasteiger partial charge in [-0.1, -0.05) is 50.2 Å². The summed E-state index contributed by atoms with van der Waals surface area (Å²) in [6, 6.07) is 10.2. The number of carbonyl (C=O) groups is 4. The van der Waals surface area contributed by atoms with Crippen LogP contribution in [0.5, 0.6) is 0 Å². The summed E-state index contributed by atoms with van der Waals surface area (Å²) in [4.78, 5) is 63.8. The molecule has 1 fully saturated rings. The Morgan fingerprint density at radius 2 is 1.71 bits per heavy atom. The molecule has 0 bridgehead atoms. The first-order chi connectivity index (χ1) is 19.4. The number of non-ortho nitro benzene ring substituents is 1. The van der Waals surface area contributed by atoms with Gasteiger partial charge in [-0.05, 0) is 49.4 Å². The van der Waals surface area contributed by atoms with Gasteiger partial charge in [-0.2, -0.15) is 0 Å². The van der Waals surface area contributed by atoms with Crippen molar-refractivity contribution in [1.82, 2.24) is 20.9 Å². The van der Waals surface area contributed by atoms with Crippen molar-refractivity contribution in [2.75, 3.05) is 13.6 Å². The Hall–Kier alpha value is -4.32. The lowest BCUT2D eigenvalue weighted by atomic mass is 9.98. The number of primary amides is 1. The molecule has 12 heteroatoms. The number of nitrogens with one attached hydrogen (secondary N) is 3. The first kappa shape index (κ1) is 31.2. The van der Waals surface area contributed by atoms with Crippen molar-refractivity contribution >= 4 is 29.3 Å². The van der Waals surface area contributed by atoms with Crippen molar-refractivity contribution in [3.8, 4) is 11.1 Å². The number of benzene rings is 2. The molecule has 0 radical (unpaired) electrons. The first-order valence-electron chi connectivity index (χ1n) is 13.6. The summed E-state index contributed by atoms with van der Waals surface area (Å²) in [5.41, 5.74) is 7.65. The fourth-order valence-corrected chi connectivity index (χ4v) is 4.81. The minimum Gasteiger partial charge on any atom is -0.368 e. The molecule has 1 heterocycles. The van der Waals surface area contributed by atoms with E-state index in [-0.39, 0.29) is 29.8 Å². The zero-order valence-corrected chi connectivity index (χ0v) is 23.8. The van der Waals surface area contributed by atoms with E-state index < -0.39 is 40.9 Å². The van der Waals surface area contributed by atoms with Gasteiger partial charge < -0.3 is 26.6 Å². The summed E-state index contributed by atoms with van der Waals surface area (Å²) < 4.78 is 0. The topological polar surface area (TPSA) is 177 Å². The van der Waals surface area contributed by atoms with Gasteiger partial charge in [-0.25, -0.2) is 0 Å². The second-order valence-corrected chi connectivity index (χ2v) is 10.6. The predicted molar refractivity (Wildman–Crippen MR) is 153 cm³/mol. The number of rotatable bonds is 12. The highest BCUT2D eigenvalue weighted by atomic mass is 16.6. The third-order valence-electron chi connectivity index (χ3n) is 7.31. The smallest absolute Gasteiger partial charge is 0.270 e. The zero-order chi connectivity index (χ0) is 30.3. The summed E-state index contributed by atoms with van der Waals surface area (Å²) in [7, 11) is 1.65. The van der Waals surface area contributed by atoms with Crippen molar-refractivity contribution in [3.63, 3.8) is 0 Å². The van der Waals surface area contributed by atoms with Crippen molar-refractivity contribution in [1.29, 1.82) is 0 Å². The van der Waals surface area contributed by atoms with Crippen molar-refractivity contribution in [2.24, 2.45) is 11.7 Å². The maximum absolute atomic E-state index is 13.5. The molecule has 220 valence electrons. The predicted octanol–water partition coefficient (Wildman–Crippen LogP) is 1.51. The summed E-state index contributed by atoms with van der Waals surface area (Å²) in [5, 5.41) is 19.5. The van der Waals surface area contributed by atoms with Crippen LogP contribution < -0.4 is 21.7 Å². The molecule has 0 aliphatic carbocycles. The molecule has 3 rings (SSSR count). The van der Waals surface area contributed by atoms with E-state index in [4.69, 9.17) is 5.73 Å². The number of nitro benzene ring substituents is 1. The molecule has 1 saturated heterocycles. The van der Waals surface area contributed by atoms with Crippen LogP contribution in [-0.2, 0) is 25.6 Å². The number of nitrogens with zero attached hydrogens (tertiary/aromatic N) is 2. The number of nitrogens with two attached hydrogens (primary N) is 1. The Labute approximate surface area is 239 Å². The second kappa shape index (κ2) is 13.8. The fourth-order valence-electron chi connectivity index (χ4n) is 4.81. The third kappa shape index (κ3) is 7.88. The van der Waals surface area contributed by atoms with Gasteiger partial charge in [0.2, 0.25) is 23.6 Å². The number of amides is 4. The highest BCUT2D eigenvalue weighted by Crippen LogP contribution is 2.25. The highest BCUT2D eigenvalue weighted by Gasteiger charge is 2.39. The third-order valence-corrected chi connectivity index (χ3v) is 7.31. The number of likely N-dealkylation sites (N-methyl/N-ethyl adjacent to an activating group) is 1. The molecule has 5 N–H and O–H groups in total. The quantitative estimate of drug-likeness (QED) is 0.222. The van der Waals surface area contributed by atoms with Crippen LogP contribution in [0.1, 0.15) is 39.2 Å². The molecule has 4 amide bonds. The minimum absolute atomic E-state index is 0.0401. The van der Waals surface area contributed by atoms with E-state index in [0.29, 0.717) is 36.1 Å². The molecule has 2 aromatic rings. The fraction of sp³-hybridized carbons (Fsp3) is 0.448. The minimum atomic E-state index is -1.04. The van der Waals surface area contributed by atoms with Crippen molar-refractivity contribution in [3.05, 3.63) is 64.2 Å². The van der Waals surface area contributed by atoms with Crippen LogP contribution in [0.2, 0.25) is 0 Å². The van der Waals surface area contributed by atoms with Gasteiger partial charge in [0.25, 0.3) is 5.69 Å². The number of hydrogen-bond acceptors (Lipinski definition) is 7. The van der Waals surface area contributed by atoms with E-state index in [2.05, 4.69) is 16.0 Å². The molecule has 4 atom stereocenters. The number of hydrogen-bond donors (Lipinski definition) is 4. The molecule has 0 aromatic heterocycles. The van der Waals surface area contributed by atoms with Crippen LogP contribution >= 0.6 is 0 Å². The zero-order valence-electron chi connectivity index (χ0n) is 23.8. The standard InChI is InChI=1S/C29H38N6O6/c1-17(2)25(33-27(37)18(3)31-4)29(39)34-13-7-12-24(34)28(38)32-23(26(30)36)15-19-8-5-9-20(14-19)21-10-6-11-22(16-21)35(40)41/h5-6,8-11,14,16-18,23-25,31H,7,12-13,15H2,1-4H3,(H2,30,36)(H,32,38)(H,33,37)/t18-,23-,24-,25-/m0/s1. The molecular formula is C29H38N6O6. The van der Waals surface area contributed by atoms with Gasteiger partial charge in [-0.15, -0.1) is 0 Å². The van der Waals surface area contributed by atoms with Crippen LogP contribution in [0.3, 0.4) is 0 Å². The Bertz CT molecular complexity index is 1300. The number of likely N-dealkylation sites (tertiary alicyclic amines) is 1. The molecule has 1 aliphatic rings. The lowest BCUT2D eigenvalue weighted by Gasteiger charge is -2.31. The largest absolute Gasteiger partial charge is 0.368 e. The van der Waals surface area contributed by atoms with Gasteiger partial charge in [0, 0.05) is 25.1 Å². The van der Waals surface area contributed by atoms with Crippen LogP contribution in [0.15, 0.2) is 48.5 Å². The SMILES string of the molecule is CN[C@@H](C)C(=O)N[C@H](C(=O)N1CCC[C@H]1C(=O)N[C@@H](Cc1cccc(-c2cccc([N+](=O)[O-])c2)c1)C(N)=O)C(C)C. The Morgan fingerprint density at radius 3 is 2.32 bits per heavy atom. The first-order valence-corrected chi connectivity index (χ1v) is 13.6. The Kier molecular flexibility index (Phi) is 10.5. The molecule has 0 unspecified atom stereocenters. The number of nitro groups is 1. The Morgan fingerprint density at radius 1 is 1.05 bits per heavy atom. The van der Waals surface area contributed by atoms with Crippen LogP contribution in [0, 0.1) is 16.0 Å². The maximum Gasteiger partial charge on any atom is 0.270 e. The van der Waals surface area contributed by atoms with Gasteiger partial charge in [-0.3, -0.25) is 29.3 Å². The van der Waals surface area contributed by atoms with Crippen LogP contribution in [0.4, 0.5) is 5.69 Å². The molecular weight excluding hydrogens is 528 g/mol. The lowest BCUT2D eigenvalue weighted by Crippen LogP contribution is -2.58. The monoisotopic (exact) mass is 566 g/mol. The molecule has 1 aliphatic heterocycles. The summed E-state index contributed by atoms with van der Waals surface area (Å²) in [6.45, 7) is 5.68. The van der Waals surface area contributed by atoms with E-state index in [9.17, 15) is 29.3 Å². The summed E-state index contributed by atoms with van der Waals surface area (Å²) in [6.07, 6.45) is 1.11. The van der Waals surface area contributed by atoms with E-state index in [0.717, 1.165) is 0 Å². The molecule has 2 aromatic carbocycles. The van der Waals surface area contributed by atoms with Gasteiger partial charge >= 0.3 is 0 Å². The average Bonchev–Trinajstić information content (AvgIpc) is 3.45. The molecule has 0 saturated carbocycles. The van der Waals surface area contributed by atoms with E-state index in [1.165, 1.54) is 17.0 Å². The van der Waals surface area contributed by atoms with Crippen LogP contribution in [-0.4, -0.2) is 71.2 Å². The number of carbonyl (C=O) groups excluding carboxylic acids is 4. The van der Waals surface area contributed by atoms with Gasteiger partial charge in [0.05, 0.1) is 11.0 Å².